The Hall–Kier alpha value is -3.15. The van der Waals surface area contributed by atoms with E-state index in [1.165, 1.54) is 0 Å². The molecule has 0 bridgehead atoms. The van der Waals surface area contributed by atoms with Crippen LogP contribution in [0.2, 0.25) is 0 Å². The minimum atomic E-state index is -1.03. The number of urea groups is 1. The normalized spacial score (nSPS) is 19.1. The van der Waals surface area contributed by atoms with Crippen LogP contribution in [0, 0.1) is 0 Å². The molecule has 1 aliphatic rings. The van der Waals surface area contributed by atoms with Crippen LogP contribution in [0.1, 0.15) is 30.9 Å². The Morgan fingerprint density at radius 2 is 1.52 bits per heavy atom. The highest BCUT2D eigenvalue weighted by molar-refractivity contribution is 6.07. The number of rotatable bonds is 7. The van der Waals surface area contributed by atoms with Crippen molar-refractivity contribution >= 4 is 17.8 Å². The summed E-state index contributed by atoms with van der Waals surface area (Å²) < 4.78 is 0. The summed E-state index contributed by atoms with van der Waals surface area (Å²) in [6.07, 6.45) is 1.85. The van der Waals surface area contributed by atoms with Gasteiger partial charge in [0.15, 0.2) is 0 Å². The molecule has 1 saturated heterocycles. The Bertz CT molecular complexity index is 823. The van der Waals surface area contributed by atoms with Crippen molar-refractivity contribution in [2.45, 2.75) is 38.1 Å². The maximum Gasteiger partial charge on any atom is 0.344 e. The van der Waals surface area contributed by atoms with Gasteiger partial charge in [-0.25, -0.2) is 4.79 Å². The third kappa shape index (κ3) is 4.53. The SMILES string of the molecule is CC1(CCc2ccccc2)NC(=O)N(NC(=O)CCc2ccccc2)C1=O. The molecule has 6 nitrogen and oxygen atoms in total. The molecular formula is C21H23N3O3. The molecule has 2 N–H and O–H groups in total. The summed E-state index contributed by atoms with van der Waals surface area (Å²) in [5.41, 5.74) is 3.52. The molecule has 0 aromatic heterocycles. The van der Waals surface area contributed by atoms with Crippen molar-refractivity contribution in [1.82, 2.24) is 15.8 Å². The van der Waals surface area contributed by atoms with Gasteiger partial charge in [0.05, 0.1) is 0 Å². The lowest BCUT2D eigenvalue weighted by molar-refractivity contribution is -0.138. The van der Waals surface area contributed by atoms with E-state index in [0.717, 1.165) is 16.1 Å². The van der Waals surface area contributed by atoms with Crippen molar-refractivity contribution in [1.29, 1.82) is 0 Å². The molecule has 27 heavy (non-hydrogen) atoms. The van der Waals surface area contributed by atoms with Crippen LogP contribution in [0.25, 0.3) is 0 Å². The first-order chi connectivity index (χ1) is 13.0. The molecule has 3 rings (SSSR count). The van der Waals surface area contributed by atoms with Gasteiger partial charge in [-0.15, -0.1) is 0 Å². The second kappa shape index (κ2) is 8.03. The van der Waals surface area contributed by atoms with E-state index >= 15 is 0 Å². The van der Waals surface area contributed by atoms with Crippen LogP contribution in [0.4, 0.5) is 4.79 Å². The maximum atomic E-state index is 12.7. The lowest BCUT2D eigenvalue weighted by Gasteiger charge is -2.21. The summed E-state index contributed by atoms with van der Waals surface area (Å²) >= 11 is 0. The first-order valence-electron chi connectivity index (χ1n) is 9.02. The number of hydrazine groups is 1. The Labute approximate surface area is 158 Å². The van der Waals surface area contributed by atoms with E-state index < -0.39 is 17.5 Å². The summed E-state index contributed by atoms with van der Waals surface area (Å²) in [6, 6.07) is 18.8. The van der Waals surface area contributed by atoms with Crippen LogP contribution in [-0.4, -0.2) is 28.4 Å². The highest BCUT2D eigenvalue weighted by atomic mass is 16.2. The van der Waals surface area contributed by atoms with Crippen LogP contribution < -0.4 is 10.7 Å². The lowest BCUT2D eigenvalue weighted by Crippen LogP contribution is -2.49. The minimum absolute atomic E-state index is 0.196. The fraction of sp³-hybridized carbons (Fsp3) is 0.286. The number of nitrogens with zero attached hydrogens (tertiary/aromatic N) is 1. The van der Waals surface area contributed by atoms with Crippen molar-refractivity contribution in [3.63, 3.8) is 0 Å². The van der Waals surface area contributed by atoms with Crippen molar-refractivity contribution in [2.75, 3.05) is 0 Å². The molecule has 1 fully saturated rings. The van der Waals surface area contributed by atoms with Crippen molar-refractivity contribution in [3.05, 3.63) is 71.8 Å². The van der Waals surface area contributed by atoms with Gasteiger partial charge in [0.1, 0.15) is 5.54 Å². The summed E-state index contributed by atoms with van der Waals surface area (Å²) in [5, 5.41) is 3.51. The predicted octanol–water partition coefficient (Wildman–Crippen LogP) is 2.59. The predicted molar refractivity (Wildman–Crippen MR) is 101 cm³/mol. The van der Waals surface area contributed by atoms with Gasteiger partial charge in [-0.1, -0.05) is 60.7 Å². The van der Waals surface area contributed by atoms with Crippen LogP contribution in [-0.2, 0) is 22.4 Å². The molecule has 1 atom stereocenters. The Balaban J connectivity index is 1.55. The molecular weight excluding hydrogens is 342 g/mol. The third-order valence-electron chi connectivity index (χ3n) is 4.74. The second-order valence-corrected chi connectivity index (χ2v) is 6.91. The third-order valence-corrected chi connectivity index (χ3v) is 4.74. The highest BCUT2D eigenvalue weighted by Crippen LogP contribution is 2.22. The topological polar surface area (TPSA) is 78.5 Å². The molecule has 140 valence electrons. The van der Waals surface area contributed by atoms with Crippen molar-refractivity contribution < 1.29 is 14.4 Å². The average Bonchev–Trinajstić information content (AvgIpc) is 2.90. The first kappa shape index (κ1) is 18.6. The number of carbonyl (C=O) groups excluding carboxylic acids is 3. The molecule has 1 aliphatic heterocycles. The van der Waals surface area contributed by atoms with E-state index in [2.05, 4.69) is 10.7 Å². The number of hydrogen-bond donors (Lipinski definition) is 2. The van der Waals surface area contributed by atoms with Crippen LogP contribution in [0.15, 0.2) is 60.7 Å². The number of benzene rings is 2. The number of carbonyl (C=O) groups is 3. The second-order valence-electron chi connectivity index (χ2n) is 6.91. The summed E-state index contributed by atoms with van der Waals surface area (Å²) in [7, 11) is 0. The summed E-state index contributed by atoms with van der Waals surface area (Å²) in [6.45, 7) is 1.69. The Kier molecular flexibility index (Phi) is 5.54. The molecule has 0 saturated carbocycles. The van der Waals surface area contributed by atoms with Crippen LogP contribution >= 0.6 is 0 Å². The number of amides is 4. The first-order valence-corrected chi connectivity index (χ1v) is 9.02. The zero-order valence-corrected chi connectivity index (χ0v) is 15.3. The van der Waals surface area contributed by atoms with E-state index in [-0.39, 0.29) is 12.3 Å². The van der Waals surface area contributed by atoms with Gasteiger partial charge >= 0.3 is 6.03 Å². The minimum Gasteiger partial charge on any atom is -0.322 e. The van der Waals surface area contributed by atoms with E-state index in [4.69, 9.17) is 0 Å². The monoisotopic (exact) mass is 365 g/mol. The van der Waals surface area contributed by atoms with Gasteiger partial charge in [0, 0.05) is 6.42 Å². The van der Waals surface area contributed by atoms with Gasteiger partial charge < -0.3 is 5.32 Å². The molecule has 0 radical (unpaired) electrons. The zero-order chi connectivity index (χ0) is 19.3. The highest BCUT2D eigenvalue weighted by Gasteiger charge is 2.48. The zero-order valence-electron chi connectivity index (χ0n) is 15.3. The molecule has 1 heterocycles. The fourth-order valence-electron chi connectivity index (χ4n) is 3.08. The number of aryl methyl sites for hydroxylation is 2. The smallest absolute Gasteiger partial charge is 0.322 e. The molecule has 1 unspecified atom stereocenters. The standard InChI is InChI=1S/C21H23N3O3/c1-21(15-14-17-10-6-3-7-11-17)19(26)24(20(27)22-21)23-18(25)13-12-16-8-4-2-5-9-16/h2-11H,12-15H2,1H3,(H,22,27)(H,23,25). The Morgan fingerprint density at radius 3 is 2.11 bits per heavy atom. The van der Waals surface area contributed by atoms with E-state index in [1.54, 1.807) is 6.92 Å². The number of nitrogens with one attached hydrogen (secondary N) is 2. The molecule has 6 heteroatoms. The molecule has 2 aromatic carbocycles. The molecule has 4 amide bonds. The molecule has 0 aliphatic carbocycles. The van der Waals surface area contributed by atoms with E-state index in [1.807, 2.05) is 60.7 Å². The maximum absolute atomic E-state index is 12.7. The lowest BCUT2D eigenvalue weighted by atomic mass is 9.93. The van der Waals surface area contributed by atoms with E-state index in [0.29, 0.717) is 19.3 Å². The van der Waals surface area contributed by atoms with Crippen LogP contribution in [0.3, 0.4) is 0 Å². The van der Waals surface area contributed by atoms with Gasteiger partial charge in [0.25, 0.3) is 5.91 Å². The summed E-state index contributed by atoms with van der Waals surface area (Å²) in [5.74, 6) is -0.800. The van der Waals surface area contributed by atoms with Crippen LogP contribution in [0.5, 0.6) is 0 Å². The number of imide groups is 1. The summed E-state index contributed by atoms with van der Waals surface area (Å²) in [4.78, 5) is 37.1. The van der Waals surface area contributed by atoms with Gasteiger partial charge in [-0.2, -0.15) is 5.01 Å². The largest absolute Gasteiger partial charge is 0.344 e. The van der Waals surface area contributed by atoms with Gasteiger partial charge in [0.2, 0.25) is 5.91 Å². The van der Waals surface area contributed by atoms with Gasteiger partial charge in [-0.3, -0.25) is 15.0 Å². The average molecular weight is 365 g/mol. The van der Waals surface area contributed by atoms with Crippen molar-refractivity contribution in [3.8, 4) is 0 Å². The number of hydrogen-bond acceptors (Lipinski definition) is 3. The van der Waals surface area contributed by atoms with Gasteiger partial charge in [-0.05, 0) is 37.3 Å². The molecule has 2 aromatic rings. The van der Waals surface area contributed by atoms with E-state index in [9.17, 15) is 14.4 Å². The Morgan fingerprint density at radius 1 is 0.963 bits per heavy atom. The van der Waals surface area contributed by atoms with Crippen molar-refractivity contribution in [2.24, 2.45) is 0 Å². The molecule has 0 spiro atoms. The quantitative estimate of drug-likeness (QED) is 0.740. The fourth-order valence-corrected chi connectivity index (χ4v) is 3.08.